The number of allylic oxidation sites excluding steroid dienone is 1. The van der Waals surface area contributed by atoms with E-state index in [-0.39, 0.29) is 11.2 Å². The average molecular weight is 462 g/mol. The topological polar surface area (TPSA) is 68.7 Å². The predicted molar refractivity (Wildman–Crippen MR) is 130 cm³/mol. The largest absolute Gasteiger partial charge is 0.493 e. The second kappa shape index (κ2) is 7.67. The van der Waals surface area contributed by atoms with E-state index >= 15 is 0 Å². The Kier molecular flexibility index (Phi) is 4.85. The van der Waals surface area contributed by atoms with Crippen molar-refractivity contribution in [2.75, 3.05) is 13.2 Å². The minimum absolute atomic E-state index is 0.110. The Balaban J connectivity index is 1.39. The molecule has 0 unspecified atom stereocenters. The summed E-state index contributed by atoms with van der Waals surface area (Å²) in [4.78, 5) is 19.7. The van der Waals surface area contributed by atoms with Gasteiger partial charge in [0.2, 0.25) is 0 Å². The summed E-state index contributed by atoms with van der Waals surface area (Å²) in [6, 6.07) is 5.59. The molecule has 0 bridgehead atoms. The number of rotatable bonds is 5. The lowest BCUT2D eigenvalue weighted by Crippen LogP contribution is -2.55. The Morgan fingerprint density at radius 1 is 1.33 bits per heavy atom. The zero-order chi connectivity index (χ0) is 22.7. The van der Waals surface area contributed by atoms with E-state index in [4.69, 9.17) is 14.5 Å². The van der Waals surface area contributed by atoms with E-state index < -0.39 is 5.97 Å². The monoisotopic (exact) mass is 461 g/mol. The van der Waals surface area contributed by atoms with Crippen LogP contribution in [0.25, 0.3) is 27.6 Å². The van der Waals surface area contributed by atoms with Gasteiger partial charge in [-0.3, -0.25) is 0 Å². The molecule has 1 aromatic carbocycles. The summed E-state index contributed by atoms with van der Waals surface area (Å²) in [5.41, 5.74) is 5.32. The van der Waals surface area contributed by atoms with Crippen molar-refractivity contribution in [3.8, 4) is 16.3 Å². The molecule has 33 heavy (non-hydrogen) atoms. The van der Waals surface area contributed by atoms with Crippen LogP contribution in [0.1, 0.15) is 57.6 Å². The first-order valence-corrected chi connectivity index (χ1v) is 12.5. The third-order valence-corrected chi connectivity index (χ3v) is 8.80. The van der Waals surface area contributed by atoms with Gasteiger partial charge in [0.15, 0.2) is 0 Å². The molecule has 1 N–H and O–H groups in total. The first kappa shape index (κ1) is 20.9. The number of benzene rings is 1. The molecule has 1 saturated heterocycles. The minimum atomic E-state index is -0.955. The standard InChI is InChI=1S/C27H27NO4S/c1-15-7-8-21(31-14-17-12-27(13-17)9-10-32-27)23-19(26(29)30)11-20(28-24(15)23)25-16(2)18-5-3-4-6-22(18)33-25/h4,6-8,11,17H,3,5,9-10,12-14H2,1-2H3,(H,29,30). The van der Waals surface area contributed by atoms with Gasteiger partial charge >= 0.3 is 5.97 Å². The van der Waals surface area contributed by atoms with Gasteiger partial charge in [-0.15, -0.1) is 11.3 Å². The smallest absolute Gasteiger partial charge is 0.336 e. The van der Waals surface area contributed by atoms with Crippen LogP contribution >= 0.6 is 11.3 Å². The third-order valence-electron chi connectivity index (χ3n) is 7.48. The Hall–Kier alpha value is -2.70. The molecule has 3 aromatic rings. The highest BCUT2D eigenvalue weighted by Crippen LogP contribution is 2.49. The number of pyridine rings is 1. The summed E-state index contributed by atoms with van der Waals surface area (Å²) in [6.07, 6.45) is 9.65. The van der Waals surface area contributed by atoms with Gasteiger partial charge in [0.25, 0.3) is 0 Å². The second-order valence-electron chi connectivity index (χ2n) is 9.67. The molecule has 0 amide bonds. The van der Waals surface area contributed by atoms with Crippen LogP contribution in [0.3, 0.4) is 0 Å². The maximum absolute atomic E-state index is 12.4. The maximum Gasteiger partial charge on any atom is 0.336 e. The zero-order valence-electron chi connectivity index (χ0n) is 18.9. The molecular weight excluding hydrogens is 434 g/mol. The van der Waals surface area contributed by atoms with Crippen molar-refractivity contribution in [1.82, 2.24) is 4.98 Å². The molecule has 2 aromatic heterocycles. The number of carboxylic acid groups (broad SMARTS) is 1. The van der Waals surface area contributed by atoms with Crippen LogP contribution < -0.4 is 4.74 Å². The van der Waals surface area contributed by atoms with Gasteiger partial charge in [0.05, 0.1) is 45.9 Å². The Labute approximate surface area is 197 Å². The Bertz CT molecular complexity index is 1310. The van der Waals surface area contributed by atoms with E-state index in [1.165, 1.54) is 16.0 Å². The van der Waals surface area contributed by atoms with E-state index in [2.05, 4.69) is 19.1 Å². The number of carboxylic acids is 1. The van der Waals surface area contributed by atoms with Crippen molar-refractivity contribution in [3.05, 3.63) is 51.4 Å². The van der Waals surface area contributed by atoms with E-state index in [9.17, 15) is 9.90 Å². The highest BCUT2D eigenvalue weighted by atomic mass is 32.1. The van der Waals surface area contributed by atoms with Gasteiger partial charge in [-0.1, -0.05) is 12.1 Å². The molecule has 3 aliphatic rings. The van der Waals surface area contributed by atoms with Gasteiger partial charge in [-0.2, -0.15) is 0 Å². The number of hydrogen-bond donors (Lipinski definition) is 1. The molecule has 0 radical (unpaired) electrons. The fourth-order valence-corrected chi connectivity index (χ4v) is 6.80. The van der Waals surface area contributed by atoms with Crippen molar-refractivity contribution < 1.29 is 19.4 Å². The number of aryl methyl sites for hydroxylation is 1. The number of thiophene rings is 1. The minimum Gasteiger partial charge on any atom is -0.493 e. The molecule has 6 rings (SSSR count). The quantitative estimate of drug-likeness (QED) is 0.491. The van der Waals surface area contributed by atoms with Crippen molar-refractivity contribution >= 4 is 34.3 Å². The number of carbonyl (C=O) groups is 1. The number of aromatic nitrogens is 1. The Morgan fingerprint density at radius 2 is 2.15 bits per heavy atom. The highest BCUT2D eigenvalue weighted by Gasteiger charge is 2.50. The van der Waals surface area contributed by atoms with Gasteiger partial charge in [-0.25, -0.2) is 9.78 Å². The van der Waals surface area contributed by atoms with E-state index in [1.54, 1.807) is 17.4 Å². The lowest BCUT2D eigenvalue weighted by atomic mass is 9.67. The van der Waals surface area contributed by atoms with E-state index in [0.717, 1.165) is 54.8 Å². The summed E-state index contributed by atoms with van der Waals surface area (Å²) in [5, 5.41) is 10.7. The van der Waals surface area contributed by atoms with Crippen LogP contribution in [0.5, 0.6) is 5.75 Å². The number of ether oxygens (including phenoxy) is 2. The molecule has 6 heteroatoms. The van der Waals surface area contributed by atoms with Gasteiger partial charge in [0.1, 0.15) is 5.75 Å². The van der Waals surface area contributed by atoms with Gasteiger partial charge in [0, 0.05) is 4.88 Å². The van der Waals surface area contributed by atoms with Crippen LogP contribution in [-0.4, -0.2) is 34.9 Å². The number of nitrogens with zero attached hydrogens (tertiary/aromatic N) is 1. The van der Waals surface area contributed by atoms with Crippen molar-refractivity contribution in [3.63, 3.8) is 0 Å². The van der Waals surface area contributed by atoms with Crippen molar-refractivity contribution in [1.29, 1.82) is 0 Å². The molecular formula is C27H27NO4S. The molecule has 5 nitrogen and oxygen atoms in total. The molecule has 1 aliphatic heterocycles. The van der Waals surface area contributed by atoms with Crippen molar-refractivity contribution in [2.24, 2.45) is 5.92 Å². The van der Waals surface area contributed by atoms with Crippen LogP contribution in [0, 0.1) is 19.8 Å². The average Bonchev–Trinajstić information content (AvgIpc) is 3.09. The summed E-state index contributed by atoms with van der Waals surface area (Å²) < 4.78 is 11.9. The van der Waals surface area contributed by atoms with E-state index in [0.29, 0.717) is 29.2 Å². The fraction of sp³-hybridized carbons (Fsp3) is 0.407. The maximum atomic E-state index is 12.4. The molecule has 1 saturated carbocycles. The lowest BCUT2D eigenvalue weighted by Gasteiger charge is -2.53. The predicted octanol–water partition coefficient (Wildman–Crippen LogP) is 6.19. The number of aromatic carboxylic acids is 1. The molecule has 2 aliphatic carbocycles. The first-order chi connectivity index (χ1) is 15.9. The molecule has 170 valence electrons. The van der Waals surface area contributed by atoms with Crippen LogP contribution in [-0.2, 0) is 11.2 Å². The molecule has 2 fully saturated rings. The van der Waals surface area contributed by atoms with Crippen LogP contribution in [0.2, 0.25) is 0 Å². The van der Waals surface area contributed by atoms with Crippen molar-refractivity contribution in [2.45, 2.75) is 51.6 Å². The summed E-state index contributed by atoms with van der Waals surface area (Å²) in [7, 11) is 0. The number of fused-ring (bicyclic) bond motifs is 2. The fourth-order valence-electron chi connectivity index (χ4n) is 5.56. The SMILES string of the molecule is Cc1c(-c2cc(C(=O)O)c3c(OCC4CC5(CCO5)C4)ccc(C)c3n2)sc2c1CCC=C2. The highest BCUT2D eigenvalue weighted by molar-refractivity contribution is 7.16. The van der Waals surface area contributed by atoms with E-state index in [1.807, 2.05) is 19.1 Å². The molecule has 3 heterocycles. The van der Waals surface area contributed by atoms with Crippen LogP contribution in [0.4, 0.5) is 0 Å². The molecule has 0 atom stereocenters. The Morgan fingerprint density at radius 3 is 2.85 bits per heavy atom. The molecule has 1 spiro atoms. The first-order valence-electron chi connectivity index (χ1n) is 11.7. The van der Waals surface area contributed by atoms with Gasteiger partial charge < -0.3 is 14.6 Å². The number of hydrogen-bond acceptors (Lipinski definition) is 5. The summed E-state index contributed by atoms with van der Waals surface area (Å²) in [5.74, 6) is 0.103. The normalized spacial score (nSPS) is 23.3. The zero-order valence-corrected chi connectivity index (χ0v) is 19.8. The van der Waals surface area contributed by atoms with Gasteiger partial charge in [-0.05, 0) is 86.8 Å². The van der Waals surface area contributed by atoms with Crippen LogP contribution in [0.15, 0.2) is 24.3 Å². The lowest BCUT2D eigenvalue weighted by molar-refractivity contribution is -0.216. The third kappa shape index (κ3) is 3.39. The second-order valence-corrected chi connectivity index (χ2v) is 10.7. The summed E-state index contributed by atoms with van der Waals surface area (Å²) >= 11 is 1.70. The summed E-state index contributed by atoms with van der Waals surface area (Å²) in [6.45, 7) is 5.55.